The first kappa shape index (κ1) is 15.5. The zero-order valence-electron chi connectivity index (χ0n) is 13.3. The molecule has 0 radical (unpaired) electrons. The summed E-state index contributed by atoms with van der Waals surface area (Å²) in [6.07, 6.45) is 6.10. The van der Waals surface area contributed by atoms with Crippen molar-refractivity contribution < 1.29 is 0 Å². The van der Waals surface area contributed by atoms with Crippen LogP contribution in [0.3, 0.4) is 0 Å². The lowest BCUT2D eigenvalue weighted by Gasteiger charge is -2.00. The van der Waals surface area contributed by atoms with Gasteiger partial charge in [0.25, 0.3) is 0 Å². The SMILES string of the molecule is N#C/C(=C\c1ccc(/C=C/c2ccccc2)cc1)c1ccccc1. The number of hydrogen-bond donors (Lipinski definition) is 0. The summed E-state index contributed by atoms with van der Waals surface area (Å²) in [6, 6.07) is 30.4. The molecular formula is C23H17N. The molecule has 0 N–H and O–H groups in total. The molecule has 0 aromatic heterocycles. The maximum absolute atomic E-state index is 9.38. The van der Waals surface area contributed by atoms with E-state index in [0.717, 1.165) is 16.7 Å². The minimum Gasteiger partial charge on any atom is -0.192 e. The summed E-state index contributed by atoms with van der Waals surface area (Å²) in [4.78, 5) is 0. The largest absolute Gasteiger partial charge is 0.192 e. The van der Waals surface area contributed by atoms with Crippen LogP contribution in [-0.4, -0.2) is 0 Å². The number of nitrogens with zero attached hydrogens (tertiary/aromatic N) is 1. The van der Waals surface area contributed by atoms with Crippen LogP contribution in [0.15, 0.2) is 84.9 Å². The third-order valence-electron chi connectivity index (χ3n) is 3.72. The zero-order valence-corrected chi connectivity index (χ0v) is 13.3. The second-order valence-electron chi connectivity index (χ2n) is 5.45. The lowest BCUT2D eigenvalue weighted by molar-refractivity contribution is 1.52. The molecule has 114 valence electrons. The molecule has 1 nitrogen and oxygen atoms in total. The van der Waals surface area contributed by atoms with E-state index in [1.807, 2.05) is 66.7 Å². The Kier molecular flexibility index (Phi) is 5.02. The van der Waals surface area contributed by atoms with E-state index < -0.39 is 0 Å². The summed E-state index contributed by atoms with van der Waals surface area (Å²) in [7, 11) is 0. The predicted molar refractivity (Wildman–Crippen MR) is 102 cm³/mol. The van der Waals surface area contributed by atoms with Gasteiger partial charge in [-0.15, -0.1) is 0 Å². The summed E-state index contributed by atoms with van der Waals surface area (Å²) in [6.45, 7) is 0. The van der Waals surface area contributed by atoms with Gasteiger partial charge in [-0.1, -0.05) is 97.1 Å². The molecule has 0 bridgehead atoms. The predicted octanol–water partition coefficient (Wildman–Crippen LogP) is 5.92. The summed E-state index contributed by atoms with van der Waals surface area (Å²) in [5.74, 6) is 0. The highest BCUT2D eigenvalue weighted by Gasteiger charge is 1.99. The third-order valence-corrected chi connectivity index (χ3v) is 3.72. The fraction of sp³-hybridized carbons (Fsp3) is 0. The quantitative estimate of drug-likeness (QED) is 0.433. The van der Waals surface area contributed by atoms with Gasteiger partial charge in [-0.3, -0.25) is 0 Å². The highest BCUT2D eigenvalue weighted by molar-refractivity contribution is 5.89. The molecule has 3 aromatic rings. The van der Waals surface area contributed by atoms with Crippen LogP contribution in [-0.2, 0) is 0 Å². The molecule has 0 atom stereocenters. The molecule has 24 heavy (non-hydrogen) atoms. The van der Waals surface area contributed by atoms with Crippen molar-refractivity contribution in [2.24, 2.45) is 0 Å². The molecule has 0 heterocycles. The van der Waals surface area contributed by atoms with Crippen molar-refractivity contribution >= 4 is 23.8 Å². The number of nitriles is 1. The van der Waals surface area contributed by atoms with E-state index in [4.69, 9.17) is 0 Å². The summed E-state index contributed by atoms with van der Waals surface area (Å²) in [5.41, 5.74) is 4.94. The van der Waals surface area contributed by atoms with Crippen molar-refractivity contribution in [1.82, 2.24) is 0 Å². The third kappa shape index (κ3) is 4.09. The number of benzene rings is 3. The average molecular weight is 307 g/mol. The molecule has 0 aliphatic heterocycles. The molecule has 3 aromatic carbocycles. The number of allylic oxidation sites excluding steroid dienone is 1. The van der Waals surface area contributed by atoms with E-state index in [0.29, 0.717) is 5.57 Å². The summed E-state index contributed by atoms with van der Waals surface area (Å²) in [5, 5.41) is 9.38. The van der Waals surface area contributed by atoms with Crippen LogP contribution in [0.4, 0.5) is 0 Å². The minimum atomic E-state index is 0.670. The van der Waals surface area contributed by atoms with E-state index in [9.17, 15) is 5.26 Å². The molecule has 0 saturated heterocycles. The van der Waals surface area contributed by atoms with Gasteiger partial charge in [-0.05, 0) is 28.3 Å². The van der Waals surface area contributed by atoms with Crippen LogP contribution in [0.2, 0.25) is 0 Å². The molecule has 0 aliphatic rings. The minimum absolute atomic E-state index is 0.670. The van der Waals surface area contributed by atoms with Crippen molar-refractivity contribution in [3.8, 4) is 6.07 Å². The van der Waals surface area contributed by atoms with Crippen molar-refractivity contribution in [2.45, 2.75) is 0 Å². The van der Waals surface area contributed by atoms with E-state index in [1.54, 1.807) is 0 Å². The fourth-order valence-electron chi connectivity index (χ4n) is 2.42. The van der Waals surface area contributed by atoms with Gasteiger partial charge in [0.1, 0.15) is 0 Å². The van der Waals surface area contributed by atoms with Crippen LogP contribution < -0.4 is 0 Å². The summed E-state index contributed by atoms with van der Waals surface area (Å²) >= 11 is 0. The normalized spacial score (nSPS) is 11.4. The van der Waals surface area contributed by atoms with Crippen molar-refractivity contribution in [3.63, 3.8) is 0 Å². The zero-order chi connectivity index (χ0) is 16.6. The topological polar surface area (TPSA) is 23.8 Å². The molecule has 3 rings (SSSR count). The van der Waals surface area contributed by atoms with Crippen LogP contribution >= 0.6 is 0 Å². The first-order valence-corrected chi connectivity index (χ1v) is 7.85. The molecule has 1 heteroatoms. The Morgan fingerprint density at radius 3 is 1.71 bits per heavy atom. The molecule has 0 amide bonds. The van der Waals surface area contributed by atoms with E-state index >= 15 is 0 Å². The van der Waals surface area contributed by atoms with Gasteiger partial charge >= 0.3 is 0 Å². The monoisotopic (exact) mass is 307 g/mol. The first-order valence-electron chi connectivity index (χ1n) is 7.85. The van der Waals surface area contributed by atoms with E-state index in [-0.39, 0.29) is 0 Å². The molecule has 0 spiro atoms. The molecule has 0 saturated carbocycles. The van der Waals surface area contributed by atoms with Crippen molar-refractivity contribution in [3.05, 3.63) is 107 Å². The van der Waals surface area contributed by atoms with Gasteiger partial charge in [0.05, 0.1) is 11.6 Å². The Labute approximate surface area is 142 Å². The second kappa shape index (κ2) is 7.76. The molecule has 0 aliphatic carbocycles. The van der Waals surface area contributed by atoms with Crippen LogP contribution in [0.25, 0.3) is 23.8 Å². The summed E-state index contributed by atoms with van der Waals surface area (Å²) < 4.78 is 0. The number of rotatable bonds is 4. The smallest absolute Gasteiger partial charge is 0.0998 e. The first-order chi connectivity index (χ1) is 11.8. The Balaban J connectivity index is 1.78. The van der Waals surface area contributed by atoms with Gasteiger partial charge < -0.3 is 0 Å². The van der Waals surface area contributed by atoms with Gasteiger partial charge in [0.15, 0.2) is 0 Å². The Morgan fingerprint density at radius 1 is 0.625 bits per heavy atom. The van der Waals surface area contributed by atoms with Gasteiger partial charge in [-0.25, -0.2) is 0 Å². The fourth-order valence-corrected chi connectivity index (χ4v) is 2.42. The van der Waals surface area contributed by atoms with E-state index in [1.165, 1.54) is 5.56 Å². The Bertz CT molecular complexity index is 880. The second-order valence-corrected chi connectivity index (χ2v) is 5.45. The average Bonchev–Trinajstić information content (AvgIpc) is 2.67. The number of hydrogen-bond acceptors (Lipinski definition) is 1. The highest BCUT2D eigenvalue weighted by atomic mass is 14.2. The Morgan fingerprint density at radius 2 is 1.12 bits per heavy atom. The van der Waals surface area contributed by atoms with Gasteiger partial charge in [-0.2, -0.15) is 5.26 Å². The van der Waals surface area contributed by atoms with Crippen molar-refractivity contribution in [1.29, 1.82) is 5.26 Å². The lowest BCUT2D eigenvalue weighted by Crippen LogP contribution is -1.81. The maximum Gasteiger partial charge on any atom is 0.0998 e. The van der Waals surface area contributed by atoms with Gasteiger partial charge in [0.2, 0.25) is 0 Å². The maximum atomic E-state index is 9.38. The lowest BCUT2D eigenvalue weighted by atomic mass is 10.0. The van der Waals surface area contributed by atoms with Crippen LogP contribution in [0.5, 0.6) is 0 Å². The van der Waals surface area contributed by atoms with Gasteiger partial charge in [0, 0.05) is 0 Å². The molecule has 0 fully saturated rings. The highest BCUT2D eigenvalue weighted by Crippen LogP contribution is 2.18. The Hall–Kier alpha value is -3.37. The molecule has 0 unspecified atom stereocenters. The molecular weight excluding hydrogens is 290 g/mol. The standard InChI is InChI=1S/C23H17N/c24-18-23(22-9-5-2-6-10-22)17-21-15-13-20(14-16-21)12-11-19-7-3-1-4-8-19/h1-17H/b12-11+,23-17+. The van der Waals surface area contributed by atoms with E-state index in [2.05, 4.69) is 42.5 Å². The van der Waals surface area contributed by atoms with Crippen molar-refractivity contribution in [2.75, 3.05) is 0 Å². The van der Waals surface area contributed by atoms with Crippen LogP contribution in [0.1, 0.15) is 22.3 Å². The van der Waals surface area contributed by atoms with Crippen LogP contribution in [0, 0.1) is 11.3 Å².